The lowest BCUT2D eigenvalue weighted by Crippen LogP contribution is -2.27. The topological polar surface area (TPSA) is 61.4 Å². The first-order valence-corrected chi connectivity index (χ1v) is 7.52. The SMILES string of the molecule is O=c1oc(=O)n(CCOc2cc(Cl)cc(Cl)c2)c2ccccc12. The number of benzene rings is 2. The molecule has 0 aliphatic carbocycles. The molecule has 1 heterocycles. The Morgan fingerprint density at radius 3 is 2.48 bits per heavy atom. The van der Waals surface area contributed by atoms with Crippen LogP contribution in [0.3, 0.4) is 0 Å². The van der Waals surface area contributed by atoms with Crippen LogP contribution in [0.2, 0.25) is 10.0 Å². The van der Waals surface area contributed by atoms with E-state index in [1.165, 1.54) is 4.57 Å². The number of fused-ring (bicyclic) bond motifs is 1. The molecule has 0 saturated heterocycles. The monoisotopic (exact) mass is 351 g/mol. The van der Waals surface area contributed by atoms with E-state index in [0.717, 1.165) is 0 Å². The molecule has 3 aromatic rings. The number of aromatic nitrogens is 1. The van der Waals surface area contributed by atoms with Gasteiger partial charge >= 0.3 is 11.4 Å². The van der Waals surface area contributed by atoms with Gasteiger partial charge in [0.2, 0.25) is 0 Å². The number of nitrogens with zero attached hydrogens (tertiary/aromatic N) is 1. The van der Waals surface area contributed by atoms with Gasteiger partial charge in [0.25, 0.3) is 0 Å². The number of rotatable bonds is 4. The van der Waals surface area contributed by atoms with Crippen molar-refractivity contribution in [3.8, 4) is 5.75 Å². The Morgan fingerprint density at radius 2 is 1.74 bits per heavy atom. The number of ether oxygens (including phenoxy) is 1. The third-order valence-corrected chi connectivity index (χ3v) is 3.67. The summed E-state index contributed by atoms with van der Waals surface area (Å²) in [6.07, 6.45) is 0. The Labute approximate surface area is 140 Å². The molecule has 0 spiro atoms. The maximum atomic E-state index is 11.9. The molecular weight excluding hydrogens is 341 g/mol. The van der Waals surface area contributed by atoms with Crippen LogP contribution in [0.25, 0.3) is 10.9 Å². The van der Waals surface area contributed by atoms with Crippen molar-refractivity contribution < 1.29 is 9.15 Å². The second-order valence-electron chi connectivity index (χ2n) is 4.78. The first-order chi connectivity index (χ1) is 11.0. The number of para-hydroxylation sites is 1. The highest BCUT2D eigenvalue weighted by molar-refractivity contribution is 6.34. The fourth-order valence-corrected chi connectivity index (χ4v) is 2.75. The number of halogens is 2. The molecule has 5 nitrogen and oxygen atoms in total. The summed E-state index contributed by atoms with van der Waals surface area (Å²) in [5.41, 5.74) is -0.147. The average Bonchev–Trinajstić information content (AvgIpc) is 2.49. The van der Waals surface area contributed by atoms with Gasteiger partial charge in [-0.05, 0) is 30.3 Å². The molecule has 0 saturated carbocycles. The third kappa shape index (κ3) is 3.41. The summed E-state index contributed by atoms with van der Waals surface area (Å²) in [7, 11) is 0. The van der Waals surface area contributed by atoms with Gasteiger partial charge in [-0.2, -0.15) is 0 Å². The lowest BCUT2D eigenvalue weighted by Gasteiger charge is -2.10. The Kier molecular flexibility index (Phi) is 4.41. The zero-order valence-electron chi connectivity index (χ0n) is 11.8. The quantitative estimate of drug-likeness (QED) is 0.723. The van der Waals surface area contributed by atoms with Gasteiger partial charge < -0.3 is 9.15 Å². The highest BCUT2D eigenvalue weighted by atomic mass is 35.5. The van der Waals surface area contributed by atoms with E-state index in [9.17, 15) is 9.59 Å². The van der Waals surface area contributed by atoms with Gasteiger partial charge in [-0.3, -0.25) is 4.57 Å². The van der Waals surface area contributed by atoms with Crippen LogP contribution in [0.4, 0.5) is 0 Å². The summed E-state index contributed by atoms with van der Waals surface area (Å²) in [4.78, 5) is 23.6. The van der Waals surface area contributed by atoms with Gasteiger partial charge in [-0.1, -0.05) is 35.3 Å². The molecule has 0 unspecified atom stereocenters. The summed E-state index contributed by atoms with van der Waals surface area (Å²) in [6, 6.07) is 11.6. The molecule has 0 amide bonds. The maximum Gasteiger partial charge on any atom is 0.422 e. The van der Waals surface area contributed by atoms with Gasteiger partial charge in [-0.25, -0.2) is 9.59 Å². The summed E-state index contributed by atoms with van der Waals surface area (Å²) in [5.74, 6) is -0.223. The van der Waals surface area contributed by atoms with Gasteiger partial charge in [0.15, 0.2) is 0 Å². The fraction of sp³-hybridized carbons (Fsp3) is 0.125. The molecule has 0 N–H and O–H groups in total. The van der Waals surface area contributed by atoms with Gasteiger partial charge in [0.05, 0.1) is 17.4 Å². The molecule has 0 bridgehead atoms. The van der Waals surface area contributed by atoms with E-state index in [1.54, 1.807) is 42.5 Å². The second-order valence-corrected chi connectivity index (χ2v) is 5.65. The lowest BCUT2D eigenvalue weighted by molar-refractivity contribution is 0.287. The van der Waals surface area contributed by atoms with E-state index in [0.29, 0.717) is 26.7 Å². The first kappa shape index (κ1) is 15.6. The van der Waals surface area contributed by atoms with Gasteiger partial charge in [0, 0.05) is 10.0 Å². The molecule has 3 rings (SSSR count). The summed E-state index contributed by atoms with van der Waals surface area (Å²) in [5, 5.41) is 1.26. The van der Waals surface area contributed by atoms with Crippen molar-refractivity contribution in [1.29, 1.82) is 0 Å². The van der Waals surface area contributed by atoms with Crippen LogP contribution in [0.1, 0.15) is 0 Å². The predicted molar refractivity (Wildman–Crippen MR) is 88.7 cm³/mol. The lowest BCUT2D eigenvalue weighted by atomic mass is 10.2. The molecule has 0 radical (unpaired) electrons. The molecule has 1 aromatic heterocycles. The van der Waals surface area contributed by atoms with Crippen molar-refractivity contribution in [2.75, 3.05) is 6.61 Å². The van der Waals surface area contributed by atoms with E-state index in [4.69, 9.17) is 32.4 Å². The van der Waals surface area contributed by atoms with E-state index in [2.05, 4.69) is 0 Å². The highest BCUT2D eigenvalue weighted by Gasteiger charge is 2.09. The van der Waals surface area contributed by atoms with E-state index < -0.39 is 11.4 Å². The van der Waals surface area contributed by atoms with Crippen molar-refractivity contribution in [3.63, 3.8) is 0 Å². The van der Waals surface area contributed by atoms with E-state index in [-0.39, 0.29) is 13.2 Å². The third-order valence-electron chi connectivity index (χ3n) is 3.23. The molecule has 2 aromatic carbocycles. The maximum absolute atomic E-state index is 11.9. The molecule has 7 heteroatoms. The summed E-state index contributed by atoms with van der Waals surface area (Å²) in [6.45, 7) is 0.404. The van der Waals surface area contributed by atoms with Gasteiger partial charge in [-0.15, -0.1) is 0 Å². The van der Waals surface area contributed by atoms with Crippen molar-refractivity contribution in [3.05, 3.63) is 73.5 Å². The molecule has 118 valence electrons. The minimum absolute atomic E-state index is 0.189. The minimum atomic E-state index is -0.721. The molecule has 23 heavy (non-hydrogen) atoms. The molecule has 0 atom stereocenters. The zero-order valence-corrected chi connectivity index (χ0v) is 13.3. The number of hydrogen-bond acceptors (Lipinski definition) is 4. The smallest absolute Gasteiger partial charge is 0.422 e. The molecule has 0 aliphatic heterocycles. The van der Waals surface area contributed by atoms with Crippen molar-refractivity contribution in [2.24, 2.45) is 0 Å². The summed E-state index contributed by atoms with van der Waals surface area (Å²) < 4.78 is 11.6. The van der Waals surface area contributed by atoms with Crippen LogP contribution in [-0.2, 0) is 6.54 Å². The van der Waals surface area contributed by atoms with Crippen LogP contribution >= 0.6 is 23.2 Å². The van der Waals surface area contributed by atoms with Crippen molar-refractivity contribution in [1.82, 2.24) is 4.57 Å². The Hall–Kier alpha value is -2.24. The van der Waals surface area contributed by atoms with Crippen LogP contribution in [0.5, 0.6) is 5.75 Å². The number of hydrogen-bond donors (Lipinski definition) is 0. The van der Waals surface area contributed by atoms with Crippen LogP contribution in [0.15, 0.2) is 56.5 Å². The minimum Gasteiger partial charge on any atom is -0.492 e. The van der Waals surface area contributed by atoms with Gasteiger partial charge in [0.1, 0.15) is 12.4 Å². The van der Waals surface area contributed by atoms with E-state index >= 15 is 0 Å². The predicted octanol–water partition coefficient (Wildman–Crippen LogP) is 3.34. The Balaban J connectivity index is 1.85. The van der Waals surface area contributed by atoms with E-state index in [1.807, 2.05) is 0 Å². The van der Waals surface area contributed by atoms with Crippen molar-refractivity contribution >= 4 is 34.1 Å². The molecular formula is C16H11Cl2NO4. The Morgan fingerprint density at radius 1 is 1.04 bits per heavy atom. The average molecular weight is 352 g/mol. The van der Waals surface area contributed by atoms with Crippen LogP contribution in [-0.4, -0.2) is 11.2 Å². The van der Waals surface area contributed by atoms with Crippen LogP contribution < -0.4 is 16.1 Å². The first-order valence-electron chi connectivity index (χ1n) is 6.76. The zero-order chi connectivity index (χ0) is 16.4. The van der Waals surface area contributed by atoms with Crippen molar-refractivity contribution in [2.45, 2.75) is 6.54 Å². The standard InChI is InChI=1S/C16H11Cl2NO4/c17-10-7-11(18)9-12(8-10)22-6-5-19-14-4-2-1-3-13(14)15(20)23-16(19)21/h1-4,7-9H,5-6H2. The summed E-state index contributed by atoms with van der Waals surface area (Å²) >= 11 is 11.8. The normalized spacial score (nSPS) is 10.9. The molecule has 0 aliphatic rings. The Bertz CT molecular complexity index is 957. The second kappa shape index (κ2) is 6.48. The highest BCUT2D eigenvalue weighted by Crippen LogP contribution is 2.24. The fourth-order valence-electron chi connectivity index (χ4n) is 2.25. The van der Waals surface area contributed by atoms with Crippen LogP contribution in [0, 0.1) is 0 Å². The molecule has 0 fully saturated rings. The largest absolute Gasteiger partial charge is 0.492 e.